The van der Waals surface area contributed by atoms with Gasteiger partial charge in [0.15, 0.2) is 5.16 Å². The van der Waals surface area contributed by atoms with Crippen molar-refractivity contribution in [3.05, 3.63) is 71.9 Å². The van der Waals surface area contributed by atoms with Gasteiger partial charge in [-0.1, -0.05) is 54.2 Å². The molecule has 0 bridgehead atoms. The molecule has 4 rings (SSSR count). The number of morpholine rings is 1. The predicted octanol–water partition coefficient (Wildman–Crippen LogP) is 2.88. The van der Waals surface area contributed by atoms with E-state index in [0.29, 0.717) is 38.0 Å². The molecule has 34 heavy (non-hydrogen) atoms. The zero-order valence-electron chi connectivity index (χ0n) is 18.8. The van der Waals surface area contributed by atoms with Gasteiger partial charge in [-0.2, -0.15) is 4.31 Å². The van der Waals surface area contributed by atoms with Crippen LogP contribution in [0.3, 0.4) is 0 Å². The first-order chi connectivity index (χ1) is 16.4. The fourth-order valence-electron chi connectivity index (χ4n) is 3.46. The Morgan fingerprint density at radius 3 is 2.47 bits per heavy atom. The zero-order valence-corrected chi connectivity index (χ0v) is 20.4. The molecule has 3 aromatic rings. The molecule has 8 nitrogen and oxygen atoms in total. The van der Waals surface area contributed by atoms with Gasteiger partial charge in [-0.25, -0.2) is 18.4 Å². The average Bonchev–Trinajstić information content (AvgIpc) is 2.87. The first-order valence-electron chi connectivity index (χ1n) is 10.9. The van der Waals surface area contributed by atoms with E-state index in [2.05, 4.69) is 15.3 Å². The maximum Gasteiger partial charge on any atom is 0.243 e. The number of benzene rings is 2. The van der Waals surface area contributed by atoms with Crippen LogP contribution in [0.5, 0.6) is 0 Å². The minimum Gasteiger partial charge on any atom is -0.379 e. The molecule has 2 aromatic carbocycles. The van der Waals surface area contributed by atoms with Crippen LogP contribution in [0, 0.1) is 6.92 Å². The quantitative estimate of drug-likeness (QED) is 0.376. The summed E-state index contributed by atoms with van der Waals surface area (Å²) in [4.78, 5) is 21.6. The van der Waals surface area contributed by atoms with Crippen molar-refractivity contribution < 1.29 is 17.9 Å². The number of amides is 1. The fourth-order valence-corrected chi connectivity index (χ4v) is 5.60. The van der Waals surface area contributed by atoms with Gasteiger partial charge < -0.3 is 10.1 Å². The van der Waals surface area contributed by atoms with Crippen molar-refractivity contribution >= 4 is 27.7 Å². The lowest BCUT2D eigenvalue weighted by molar-refractivity contribution is -0.118. The molecule has 1 amide bonds. The van der Waals surface area contributed by atoms with E-state index in [9.17, 15) is 13.2 Å². The predicted molar refractivity (Wildman–Crippen MR) is 131 cm³/mol. The summed E-state index contributed by atoms with van der Waals surface area (Å²) >= 11 is 1.28. The first-order valence-corrected chi connectivity index (χ1v) is 13.3. The zero-order chi connectivity index (χ0) is 24.0. The maximum absolute atomic E-state index is 12.7. The molecule has 1 aromatic heterocycles. The summed E-state index contributed by atoms with van der Waals surface area (Å²) in [5, 5.41) is 3.41. The molecule has 1 saturated heterocycles. The summed E-state index contributed by atoms with van der Waals surface area (Å²) in [5.74, 6) is 0.0302. The van der Waals surface area contributed by atoms with Gasteiger partial charge in [0.05, 0.1) is 29.6 Å². The number of aryl methyl sites for hydroxylation is 1. The molecule has 2 heterocycles. The minimum atomic E-state index is -3.53. The van der Waals surface area contributed by atoms with E-state index >= 15 is 0 Å². The van der Waals surface area contributed by atoms with E-state index in [1.165, 1.54) is 16.1 Å². The SMILES string of the molecule is Cc1cc(-c2ccccc2)nc(SCC(=O)NCc2ccc(S(=O)(=O)N3CCOCC3)cc2)n1. The highest BCUT2D eigenvalue weighted by atomic mass is 32.2. The lowest BCUT2D eigenvalue weighted by Gasteiger charge is -2.26. The Bertz CT molecular complexity index is 1230. The Labute approximate surface area is 203 Å². The number of ether oxygens (including phenoxy) is 1. The molecule has 178 valence electrons. The third kappa shape index (κ3) is 6.20. The Balaban J connectivity index is 1.30. The normalized spacial score (nSPS) is 14.6. The Kier molecular flexibility index (Phi) is 7.94. The summed E-state index contributed by atoms with van der Waals surface area (Å²) in [7, 11) is -3.53. The van der Waals surface area contributed by atoms with Gasteiger partial charge in [0.2, 0.25) is 15.9 Å². The van der Waals surface area contributed by atoms with E-state index in [-0.39, 0.29) is 16.6 Å². The Morgan fingerprint density at radius 1 is 1.06 bits per heavy atom. The minimum absolute atomic E-state index is 0.151. The number of carbonyl (C=O) groups is 1. The molecular weight excluding hydrogens is 472 g/mol. The van der Waals surface area contributed by atoms with Gasteiger partial charge in [0.1, 0.15) is 0 Å². The molecule has 1 aliphatic heterocycles. The molecular formula is C24H26N4O4S2. The van der Waals surface area contributed by atoms with E-state index in [4.69, 9.17) is 4.74 Å². The second-order valence-corrected chi connectivity index (χ2v) is 10.6. The number of carbonyl (C=O) groups excluding carboxylic acids is 1. The summed E-state index contributed by atoms with van der Waals surface area (Å²) in [6.07, 6.45) is 0. The highest BCUT2D eigenvalue weighted by Gasteiger charge is 2.26. The second kappa shape index (κ2) is 11.1. The van der Waals surface area contributed by atoms with Crippen molar-refractivity contribution in [1.82, 2.24) is 19.6 Å². The van der Waals surface area contributed by atoms with Crippen molar-refractivity contribution in [1.29, 1.82) is 0 Å². The van der Waals surface area contributed by atoms with Crippen LogP contribution in [0.2, 0.25) is 0 Å². The van der Waals surface area contributed by atoms with Gasteiger partial charge in [0, 0.05) is 30.9 Å². The summed E-state index contributed by atoms with van der Waals surface area (Å²) in [5.41, 5.74) is 3.47. The standard InChI is InChI=1S/C24H26N4O4S2/c1-18-15-22(20-5-3-2-4-6-20)27-24(26-18)33-17-23(29)25-16-19-7-9-21(10-8-19)34(30,31)28-11-13-32-14-12-28/h2-10,15H,11-14,16-17H2,1H3,(H,25,29). The highest BCUT2D eigenvalue weighted by molar-refractivity contribution is 7.99. The van der Waals surface area contributed by atoms with Gasteiger partial charge in [0.25, 0.3) is 0 Å². The molecule has 0 aliphatic carbocycles. The van der Waals surface area contributed by atoms with Crippen LogP contribution >= 0.6 is 11.8 Å². The summed E-state index contributed by atoms with van der Waals surface area (Å²) in [6, 6.07) is 18.3. The lowest BCUT2D eigenvalue weighted by Crippen LogP contribution is -2.40. The topological polar surface area (TPSA) is 101 Å². The largest absolute Gasteiger partial charge is 0.379 e. The van der Waals surface area contributed by atoms with Crippen LogP contribution in [-0.4, -0.2) is 60.7 Å². The van der Waals surface area contributed by atoms with E-state index in [1.54, 1.807) is 24.3 Å². The second-order valence-electron chi connectivity index (χ2n) is 7.77. The van der Waals surface area contributed by atoms with Crippen LogP contribution in [0.25, 0.3) is 11.3 Å². The lowest BCUT2D eigenvalue weighted by atomic mass is 10.1. The molecule has 0 atom stereocenters. The van der Waals surface area contributed by atoms with E-state index < -0.39 is 10.0 Å². The van der Waals surface area contributed by atoms with E-state index in [0.717, 1.165) is 22.5 Å². The first kappa shape index (κ1) is 24.3. The van der Waals surface area contributed by atoms with Crippen LogP contribution in [-0.2, 0) is 26.1 Å². The molecule has 1 fully saturated rings. The highest BCUT2D eigenvalue weighted by Crippen LogP contribution is 2.22. The van der Waals surface area contributed by atoms with Crippen molar-refractivity contribution in [3.63, 3.8) is 0 Å². The molecule has 1 N–H and O–H groups in total. The number of aromatic nitrogens is 2. The number of sulfonamides is 1. The van der Waals surface area contributed by atoms with Crippen molar-refractivity contribution in [2.75, 3.05) is 32.1 Å². The monoisotopic (exact) mass is 498 g/mol. The molecule has 0 spiro atoms. The number of thioether (sulfide) groups is 1. The maximum atomic E-state index is 12.7. The number of nitrogens with zero attached hydrogens (tertiary/aromatic N) is 3. The summed E-state index contributed by atoms with van der Waals surface area (Å²) in [6.45, 7) is 3.73. The van der Waals surface area contributed by atoms with Gasteiger partial charge in [-0.3, -0.25) is 4.79 Å². The number of hydrogen-bond acceptors (Lipinski definition) is 7. The third-order valence-electron chi connectivity index (χ3n) is 5.26. The molecule has 0 unspecified atom stereocenters. The molecule has 10 heteroatoms. The number of hydrogen-bond donors (Lipinski definition) is 1. The van der Waals surface area contributed by atoms with Gasteiger partial charge in [-0.05, 0) is 30.7 Å². The van der Waals surface area contributed by atoms with Gasteiger partial charge >= 0.3 is 0 Å². The van der Waals surface area contributed by atoms with E-state index in [1.807, 2.05) is 43.3 Å². The van der Waals surface area contributed by atoms with Crippen LogP contribution in [0.15, 0.2) is 70.7 Å². The third-order valence-corrected chi connectivity index (χ3v) is 8.02. The average molecular weight is 499 g/mol. The Hall–Kier alpha value is -2.79. The Morgan fingerprint density at radius 2 is 1.76 bits per heavy atom. The van der Waals surface area contributed by atoms with Crippen LogP contribution in [0.4, 0.5) is 0 Å². The van der Waals surface area contributed by atoms with Crippen molar-refractivity contribution in [3.8, 4) is 11.3 Å². The van der Waals surface area contributed by atoms with Crippen LogP contribution in [0.1, 0.15) is 11.3 Å². The smallest absolute Gasteiger partial charge is 0.243 e. The fraction of sp³-hybridized carbons (Fsp3) is 0.292. The van der Waals surface area contributed by atoms with Crippen molar-refractivity contribution in [2.45, 2.75) is 23.5 Å². The van der Waals surface area contributed by atoms with Gasteiger partial charge in [-0.15, -0.1) is 0 Å². The van der Waals surface area contributed by atoms with Crippen molar-refractivity contribution in [2.24, 2.45) is 0 Å². The van der Waals surface area contributed by atoms with Crippen LogP contribution < -0.4 is 5.32 Å². The molecule has 1 aliphatic rings. The number of rotatable bonds is 8. The summed E-state index contributed by atoms with van der Waals surface area (Å²) < 4.78 is 32.1. The number of nitrogens with one attached hydrogen (secondary N) is 1. The molecule has 0 saturated carbocycles. The molecule has 0 radical (unpaired) electrons.